The monoisotopic (exact) mass is 424 g/mol. The van der Waals surface area contributed by atoms with Crippen molar-refractivity contribution in [1.29, 1.82) is 0 Å². The fourth-order valence-electron chi connectivity index (χ4n) is 3.24. The number of benzene rings is 2. The molecule has 0 radical (unpaired) electrons. The van der Waals surface area contributed by atoms with Crippen LogP contribution in [0, 0.1) is 0 Å². The van der Waals surface area contributed by atoms with E-state index in [2.05, 4.69) is 22.4 Å². The van der Waals surface area contributed by atoms with E-state index in [1.54, 1.807) is 24.7 Å². The van der Waals surface area contributed by atoms with Crippen molar-refractivity contribution in [2.75, 3.05) is 6.61 Å². The average molecular weight is 425 g/mol. The Morgan fingerprint density at radius 2 is 1.84 bits per heavy atom. The van der Waals surface area contributed by atoms with E-state index >= 15 is 0 Å². The average Bonchev–Trinajstić information content (AvgIpc) is 2.84. The van der Waals surface area contributed by atoms with Crippen molar-refractivity contribution < 1.29 is 9.53 Å². The standard InChI is InChI=1S/C26H24N4O2/c1-2-3-16-32-21-10-8-20(9-11-21)25-17-23(22-6-4-5-7-24(22)29-25)26(31)30-28-18-19-12-14-27-15-13-19/h4-15,17-18H,2-3,16H2,1H3,(H,30,31)/b28-18+. The van der Waals surface area contributed by atoms with E-state index in [4.69, 9.17) is 9.72 Å². The van der Waals surface area contributed by atoms with Crippen LogP contribution in [0.1, 0.15) is 35.7 Å². The molecule has 0 aliphatic heterocycles. The highest BCUT2D eigenvalue weighted by atomic mass is 16.5. The van der Waals surface area contributed by atoms with E-state index < -0.39 is 0 Å². The number of fused-ring (bicyclic) bond motifs is 1. The van der Waals surface area contributed by atoms with Crippen molar-refractivity contribution in [1.82, 2.24) is 15.4 Å². The second-order valence-electron chi connectivity index (χ2n) is 7.28. The van der Waals surface area contributed by atoms with Crippen LogP contribution < -0.4 is 10.2 Å². The van der Waals surface area contributed by atoms with Crippen LogP contribution in [-0.2, 0) is 0 Å². The van der Waals surface area contributed by atoms with Crippen molar-refractivity contribution in [3.05, 3.63) is 90.3 Å². The summed E-state index contributed by atoms with van der Waals surface area (Å²) in [5.74, 6) is 0.529. The molecule has 0 saturated heterocycles. The molecule has 0 unspecified atom stereocenters. The van der Waals surface area contributed by atoms with Gasteiger partial charge in [0.1, 0.15) is 5.75 Å². The first kappa shape index (κ1) is 21.2. The van der Waals surface area contributed by atoms with Crippen molar-refractivity contribution in [3.8, 4) is 17.0 Å². The highest BCUT2D eigenvalue weighted by Gasteiger charge is 2.13. The zero-order valence-corrected chi connectivity index (χ0v) is 17.9. The van der Waals surface area contributed by atoms with Crippen LogP contribution in [0.15, 0.2) is 84.2 Å². The smallest absolute Gasteiger partial charge is 0.272 e. The number of unbranched alkanes of at least 4 members (excludes halogenated alkanes) is 1. The van der Waals surface area contributed by atoms with Gasteiger partial charge in [0.15, 0.2) is 0 Å². The zero-order valence-electron chi connectivity index (χ0n) is 17.9. The van der Waals surface area contributed by atoms with Gasteiger partial charge < -0.3 is 4.74 Å². The maximum absolute atomic E-state index is 12.9. The van der Waals surface area contributed by atoms with Crippen LogP contribution in [0.4, 0.5) is 0 Å². The number of hydrogen-bond donors (Lipinski definition) is 1. The second kappa shape index (κ2) is 10.3. The zero-order chi connectivity index (χ0) is 22.2. The van der Waals surface area contributed by atoms with E-state index in [0.29, 0.717) is 17.9 Å². The van der Waals surface area contributed by atoms with Crippen molar-refractivity contribution in [2.45, 2.75) is 19.8 Å². The third kappa shape index (κ3) is 5.16. The molecule has 2 aromatic carbocycles. The van der Waals surface area contributed by atoms with Gasteiger partial charge in [-0.15, -0.1) is 0 Å². The van der Waals surface area contributed by atoms with Gasteiger partial charge in [0.25, 0.3) is 5.91 Å². The summed E-state index contributed by atoms with van der Waals surface area (Å²) in [6, 6.07) is 20.8. The molecular formula is C26H24N4O2. The maximum atomic E-state index is 12.9. The Morgan fingerprint density at radius 1 is 1.06 bits per heavy atom. The number of nitrogens with one attached hydrogen (secondary N) is 1. The summed E-state index contributed by atoms with van der Waals surface area (Å²) in [5, 5.41) is 4.86. The molecule has 0 saturated carbocycles. The predicted molar refractivity (Wildman–Crippen MR) is 127 cm³/mol. The van der Waals surface area contributed by atoms with Gasteiger partial charge in [0.2, 0.25) is 0 Å². The molecule has 0 aliphatic rings. The number of aromatic nitrogens is 2. The molecule has 6 nitrogen and oxygen atoms in total. The Kier molecular flexibility index (Phi) is 6.82. The maximum Gasteiger partial charge on any atom is 0.272 e. The number of carbonyl (C=O) groups excluding carboxylic acids is 1. The largest absolute Gasteiger partial charge is 0.494 e. The number of rotatable bonds is 8. The lowest BCUT2D eigenvalue weighted by Gasteiger charge is -2.10. The molecule has 0 atom stereocenters. The Hall–Kier alpha value is -4.06. The van der Waals surface area contributed by atoms with Gasteiger partial charge >= 0.3 is 0 Å². The summed E-state index contributed by atoms with van der Waals surface area (Å²) in [6.45, 7) is 2.84. The van der Waals surface area contributed by atoms with Crippen molar-refractivity contribution in [2.24, 2.45) is 5.10 Å². The van der Waals surface area contributed by atoms with E-state index in [0.717, 1.165) is 40.6 Å². The van der Waals surface area contributed by atoms with Crippen LogP contribution in [0.5, 0.6) is 5.75 Å². The molecule has 4 aromatic rings. The van der Waals surface area contributed by atoms with Gasteiger partial charge in [-0.3, -0.25) is 9.78 Å². The van der Waals surface area contributed by atoms with Crippen molar-refractivity contribution in [3.63, 3.8) is 0 Å². The SMILES string of the molecule is CCCCOc1ccc(-c2cc(C(=O)N/N=C/c3ccncc3)c3ccccc3n2)cc1. The molecule has 0 spiro atoms. The highest BCUT2D eigenvalue weighted by Crippen LogP contribution is 2.26. The second-order valence-corrected chi connectivity index (χ2v) is 7.28. The number of pyridine rings is 2. The number of amides is 1. The third-order valence-electron chi connectivity index (χ3n) is 4.96. The van der Waals surface area contributed by atoms with Gasteiger partial charge in [0, 0.05) is 23.3 Å². The summed E-state index contributed by atoms with van der Waals surface area (Å²) in [4.78, 5) is 21.7. The molecule has 160 valence electrons. The molecule has 6 heteroatoms. The molecule has 0 fully saturated rings. The van der Waals surface area contributed by atoms with E-state index in [-0.39, 0.29) is 5.91 Å². The summed E-state index contributed by atoms with van der Waals surface area (Å²) in [6.07, 6.45) is 7.05. The first-order valence-electron chi connectivity index (χ1n) is 10.6. The molecule has 1 amide bonds. The molecular weight excluding hydrogens is 400 g/mol. The highest BCUT2D eigenvalue weighted by molar-refractivity contribution is 6.07. The molecule has 1 N–H and O–H groups in total. The molecule has 2 heterocycles. The van der Waals surface area contributed by atoms with Crippen molar-refractivity contribution >= 4 is 23.0 Å². The summed E-state index contributed by atoms with van der Waals surface area (Å²) in [5.41, 5.74) is 6.35. The normalized spacial score (nSPS) is 11.0. The van der Waals surface area contributed by atoms with Gasteiger partial charge in [-0.25, -0.2) is 10.4 Å². The lowest BCUT2D eigenvalue weighted by atomic mass is 10.0. The van der Waals surface area contributed by atoms with E-state index in [1.807, 2.05) is 60.7 Å². The first-order chi connectivity index (χ1) is 15.7. The number of nitrogens with zero attached hydrogens (tertiary/aromatic N) is 3. The van der Waals surface area contributed by atoms with E-state index in [1.165, 1.54) is 0 Å². The van der Waals surface area contributed by atoms with Gasteiger partial charge in [-0.05, 0) is 60.5 Å². The minimum atomic E-state index is -0.297. The first-order valence-corrected chi connectivity index (χ1v) is 10.6. The predicted octanol–water partition coefficient (Wildman–Crippen LogP) is 5.24. The van der Waals surface area contributed by atoms with Crippen LogP contribution in [0.2, 0.25) is 0 Å². The Balaban J connectivity index is 1.60. The number of hydrogen-bond acceptors (Lipinski definition) is 5. The Labute approximate surface area is 187 Å². The van der Waals surface area contributed by atoms with Gasteiger partial charge in [-0.1, -0.05) is 31.5 Å². The number of ether oxygens (including phenoxy) is 1. The minimum Gasteiger partial charge on any atom is -0.494 e. The fourth-order valence-corrected chi connectivity index (χ4v) is 3.24. The summed E-state index contributed by atoms with van der Waals surface area (Å²) in [7, 11) is 0. The number of hydrazone groups is 1. The van der Waals surface area contributed by atoms with Gasteiger partial charge in [0.05, 0.1) is 29.6 Å². The molecule has 0 aliphatic carbocycles. The fraction of sp³-hybridized carbons (Fsp3) is 0.154. The van der Waals surface area contributed by atoms with Crippen LogP contribution in [0.3, 0.4) is 0 Å². The summed E-state index contributed by atoms with van der Waals surface area (Å²) < 4.78 is 5.75. The van der Waals surface area contributed by atoms with Gasteiger partial charge in [-0.2, -0.15) is 5.10 Å². The minimum absolute atomic E-state index is 0.297. The Morgan fingerprint density at radius 3 is 2.62 bits per heavy atom. The molecule has 32 heavy (non-hydrogen) atoms. The van der Waals surface area contributed by atoms with E-state index in [9.17, 15) is 4.79 Å². The molecule has 2 aromatic heterocycles. The Bertz CT molecular complexity index is 1220. The molecule has 4 rings (SSSR count). The lowest BCUT2D eigenvalue weighted by molar-refractivity contribution is 0.0956. The number of para-hydroxylation sites is 1. The number of carbonyl (C=O) groups is 1. The molecule has 0 bridgehead atoms. The lowest BCUT2D eigenvalue weighted by Crippen LogP contribution is -2.18. The van der Waals surface area contributed by atoms with Crippen LogP contribution in [0.25, 0.3) is 22.2 Å². The quantitative estimate of drug-likeness (QED) is 0.238. The third-order valence-corrected chi connectivity index (χ3v) is 4.96. The summed E-state index contributed by atoms with van der Waals surface area (Å²) >= 11 is 0. The topological polar surface area (TPSA) is 76.5 Å². The van der Waals surface area contributed by atoms with Crippen LogP contribution >= 0.6 is 0 Å². The van der Waals surface area contributed by atoms with Crippen LogP contribution in [-0.4, -0.2) is 28.7 Å².